The summed E-state index contributed by atoms with van der Waals surface area (Å²) in [5, 5.41) is 11.8. The number of benzene rings is 2. The van der Waals surface area contributed by atoms with Gasteiger partial charge in [0.15, 0.2) is 0 Å². The van der Waals surface area contributed by atoms with Crippen LogP contribution in [0.15, 0.2) is 36.4 Å². The standard InChI is InChI=1S/C18H20FNO3/c1-3-23-17-9-14(6-4-12(17)2)18(22)20-10-13-5-7-16(19)15(8-13)11-21/h4-9,21H,3,10-11H2,1-2H3,(H,20,22). The monoisotopic (exact) mass is 317 g/mol. The average Bonchev–Trinajstić information content (AvgIpc) is 2.56. The Balaban J connectivity index is 2.06. The Morgan fingerprint density at radius 3 is 2.74 bits per heavy atom. The number of rotatable bonds is 6. The fraction of sp³-hybridized carbons (Fsp3) is 0.278. The molecular formula is C18H20FNO3. The van der Waals surface area contributed by atoms with Crippen LogP contribution in [0.1, 0.15) is 34.0 Å². The number of ether oxygens (including phenoxy) is 1. The van der Waals surface area contributed by atoms with Gasteiger partial charge in [0.2, 0.25) is 0 Å². The molecule has 2 N–H and O–H groups in total. The van der Waals surface area contributed by atoms with Crippen LogP contribution in [-0.4, -0.2) is 17.6 Å². The molecule has 0 saturated carbocycles. The van der Waals surface area contributed by atoms with E-state index < -0.39 is 5.82 Å². The summed E-state index contributed by atoms with van der Waals surface area (Å²) in [5.41, 5.74) is 2.41. The summed E-state index contributed by atoms with van der Waals surface area (Å²) >= 11 is 0. The zero-order valence-electron chi connectivity index (χ0n) is 13.2. The van der Waals surface area contributed by atoms with Gasteiger partial charge in [-0.15, -0.1) is 0 Å². The van der Waals surface area contributed by atoms with Crippen molar-refractivity contribution in [3.8, 4) is 5.75 Å². The molecular weight excluding hydrogens is 297 g/mol. The highest BCUT2D eigenvalue weighted by atomic mass is 19.1. The minimum absolute atomic E-state index is 0.214. The van der Waals surface area contributed by atoms with Crippen molar-refractivity contribution in [3.05, 3.63) is 64.5 Å². The first-order valence-electron chi connectivity index (χ1n) is 7.45. The first-order valence-corrected chi connectivity index (χ1v) is 7.45. The molecule has 2 aromatic rings. The summed E-state index contributed by atoms with van der Waals surface area (Å²) in [6.07, 6.45) is 0. The fourth-order valence-electron chi connectivity index (χ4n) is 2.20. The third-order valence-electron chi connectivity index (χ3n) is 3.48. The zero-order chi connectivity index (χ0) is 16.8. The molecule has 2 rings (SSSR count). The van der Waals surface area contributed by atoms with Gasteiger partial charge in [0.25, 0.3) is 5.91 Å². The molecule has 0 aliphatic heterocycles. The van der Waals surface area contributed by atoms with E-state index in [0.717, 1.165) is 11.1 Å². The number of aliphatic hydroxyl groups is 1. The topological polar surface area (TPSA) is 58.6 Å². The lowest BCUT2D eigenvalue weighted by Gasteiger charge is -2.10. The Kier molecular flexibility index (Phi) is 5.71. The molecule has 0 aliphatic rings. The molecule has 0 fully saturated rings. The predicted octanol–water partition coefficient (Wildman–Crippen LogP) is 2.96. The lowest BCUT2D eigenvalue weighted by atomic mass is 10.1. The van der Waals surface area contributed by atoms with Gasteiger partial charge >= 0.3 is 0 Å². The SMILES string of the molecule is CCOc1cc(C(=O)NCc2ccc(F)c(CO)c2)ccc1C. The minimum atomic E-state index is -0.456. The molecule has 0 aromatic heterocycles. The molecule has 5 heteroatoms. The van der Waals surface area contributed by atoms with Crippen molar-refractivity contribution in [1.82, 2.24) is 5.32 Å². The molecule has 0 bridgehead atoms. The van der Waals surface area contributed by atoms with Crippen molar-refractivity contribution in [2.24, 2.45) is 0 Å². The molecule has 23 heavy (non-hydrogen) atoms. The summed E-state index contributed by atoms with van der Waals surface area (Å²) < 4.78 is 18.8. The molecule has 0 radical (unpaired) electrons. The van der Waals surface area contributed by atoms with Crippen molar-refractivity contribution in [2.75, 3.05) is 6.61 Å². The number of aryl methyl sites for hydroxylation is 1. The van der Waals surface area contributed by atoms with E-state index in [9.17, 15) is 9.18 Å². The average molecular weight is 317 g/mol. The molecule has 0 heterocycles. The maximum atomic E-state index is 13.3. The smallest absolute Gasteiger partial charge is 0.251 e. The van der Waals surface area contributed by atoms with Crippen LogP contribution in [0.5, 0.6) is 5.75 Å². The van der Waals surface area contributed by atoms with Gasteiger partial charge in [0.1, 0.15) is 11.6 Å². The van der Waals surface area contributed by atoms with Crippen LogP contribution in [0.2, 0.25) is 0 Å². The van der Waals surface area contributed by atoms with E-state index in [0.29, 0.717) is 17.9 Å². The molecule has 4 nitrogen and oxygen atoms in total. The van der Waals surface area contributed by atoms with E-state index in [-0.39, 0.29) is 24.6 Å². The summed E-state index contributed by atoms with van der Waals surface area (Å²) in [5.74, 6) is -0.00667. The molecule has 0 aliphatic carbocycles. The van der Waals surface area contributed by atoms with Gasteiger partial charge in [-0.2, -0.15) is 0 Å². The maximum absolute atomic E-state index is 13.3. The highest BCUT2D eigenvalue weighted by Gasteiger charge is 2.09. The Bertz CT molecular complexity index is 701. The van der Waals surface area contributed by atoms with E-state index >= 15 is 0 Å². The van der Waals surface area contributed by atoms with Gasteiger partial charge in [-0.25, -0.2) is 4.39 Å². The Labute approximate surface area is 134 Å². The second-order valence-corrected chi connectivity index (χ2v) is 5.18. The summed E-state index contributed by atoms with van der Waals surface area (Å²) in [6, 6.07) is 9.68. The van der Waals surface area contributed by atoms with E-state index in [4.69, 9.17) is 9.84 Å². The second kappa shape index (κ2) is 7.74. The second-order valence-electron chi connectivity index (χ2n) is 5.18. The summed E-state index contributed by atoms with van der Waals surface area (Å²) in [7, 11) is 0. The molecule has 1 amide bonds. The van der Waals surface area contributed by atoms with Gasteiger partial charge < -0.3 is 15.2 Å². The highest BCUT2D eigenvalue weighted by Crippen LogP contribution is 2.19. The number of aliphatic hydroxyl groups excluding tert-OH is 1. The summed E-state index contributed by atoms with van der Waals surface area (Å²) in [4.78, 5) is 12.2. The lowest BCUT2D eigenvalue weighted by molar-refractivity contribution is 0.0950. The number of hydrogen-bond acceptors (Lipinski definition) is 3. The molecule has 0 unspecified atom stereocenters. The molecule has 0 atom stereocenters. The molecule has 2 aromatic carbocycles. The van der Waals surface area contributed by atoms with Crippen molar-refractivity contribution >= 4 is 5.91 Å². The zero-order valence-corrected chi connectivity index (χ0v) is 13.2. The van der Waals surface area contributed by atoms with Gasteiger partial charge in [0.05, 0.1) is 13.2 Å². The fourth-order valence-corrected chi connectivity index (χ4v) is 2.20. The minimum Gasteiger partial charge on any atom is -0.494 e. The highest BCUT2D eigenvalue weighted by molar-refractivity contribution is 5.94. The van der Waals surface area contributed by atoms with Crippen molar-refractivity contribution < 1.29 is 19.0 Å². The van der Waals surface area contributed by atoms with E-state index in [1.807, 2.05) is 19.9 Å². The van der Waals surface area contributed by atoms with E-state index in [1.165, 1.54) is 12.1 Å². The molecule has 122 valence electrons. The molecule has 0 spiro atoms. The number of halogens is 1. The first kappa shape index (κ1) is 17.0. The van der Waals surface area contributed by atoms with Crippen LogP contribution in [0, 0.1) is 12.7 Å². The third kappa shape index (κ3) is 4.29. The maximum Gasteiger partial charge on any atom is 0.251 e. The van der Waals surface area contributed by atoms with E-state index in [1.54, 1.807) is 18.2 Å². The van der Waals surface area contributed by atoms with Gasteiger partial charge in [0, 0.05) is 17.7 Å². The van der Waals surface area contributed by atoms with Crippen LogP contribution in [-0.2, 0) is 13.2 Å². The number of nitrogens with one attached hydrogen (secondary N) is 1. The van der Waals surface area contributed by atoms with Crippen molar-refractivity contribution in [2.45, 2.75) is 27.0 Å². The Hall–Kier alpha value is -2.40. The van der Waals surface area contributed by atoms with Crippen molar-refractivity contribution in [3.63, 3.8) is 0 Å². The number of carbonyl (C=O) groups excluding carboxylic acids is 1. The van der Waals surface area contributed by atoms with E-state index in [2.05, 4.69) is 5.32 Å². The number of amides is 1. The van der Waals surface area contributed by atoms with Crippen LogP contribution < -0.4 is 10.1 Å². The van der Waals surface area contributed by atoms with Crippen LogP contribution in [0.4, 0.5) is 4.39 Å². The predicted molar refractivity (Wildman–Crippen MR) is 85.8 cm³/mol. The van der Waals surface area contributed by atoms with Crippen molar-refractivity contribution in [1.29, 1.82) is 0 Å². The largest absolute Gasteiger partial charge is 0.494 e. The summed E-state index contributed by atoms with van der Waals surface area (Å²) in [6.45, 7) is 4.22. The third-order valence-corrected chi connectivity index (χ3v) is 3.48. The van der Waals surface area contributed by atoms with Gasteiger partial charge in [-0.05, 0) is 49.2 Å². The molecule has 0 saturated heterocycles. The first-order chi connectivity index (χ1) is 11.0. The Morgan fingerprint density at radius 1 is 1.26 bits per heavy atom. The van der Waals surface area contributed by atoms with Crippen LogP contribution in [0.25, 0.3) is 0 Å². The normalized spacial score (nSPS) is 10.4. The number of hydrogen-bond donors (Lipinski definition) is 2. The number of carbonyl (C=O) groups is 1. The van der Waals surface area contributed by atoms with Crippen LogP contribution in [0.3, 0.4) is 0 Å². The quantitative estimate of drug-likeness (QED) is 0.861. The lowest BCUT2D eigenvalue weighted by Crippen LogP contribution is -2.23. The van der Waals surface area contributed by atoms with Gasteiger partial charge in [-0.1, -0.05) is 12.1 Å². The van der Waals surface area contributed by atoms with Gasteiger partial charge in [-0.3, -0.25) is 4.79 Å². The Morgan fingerprint density at radius 2 is 2.04 bits per heavy atom. The van der Waals surface area contributed by atoms with Crippen LogP contribution >= 0.6 is 0 Å².